The van der Waals surface area contributed by atoms with Gasteiger partial charge in [0.05, 0.1) is 5.60 Å². The lowest BCUT2D eigenvalue weighted by atomic mass is 9.96. The molecule has 0 unspecified atom stereocenters. The molecule has 0 amide bonds. The lowest BCUT2D eigenvalue weighted by molar-refractivity contribution is -0.0129. The van der Waals surface area contributed by atoms with E-state index in [2.05, 4.69) is 25.7 Å². The Morgan fingerprint density at radius 3 is 2.07 bits per heavy atom. The van der Waals surface area contributed by atoms with E-state index in [1.54, 1.807) is 0 Å². The van der Waals surface area contributed by atoms with Crippen LogP contribution in [0.25, 0.3) is 0 Å². The molecule has 0 saturated heterocycles. The van der Waals surface area contributed by atoms with Crippen LogP contribution in [0.3, 0.4) is 0 Å². The van der Waals surface area contributed by atoms with Gasteiger partial charge in [-0.25, -0.2) is 0 Å². The molecule has 0 atom stereocenters. The monoisotopic (exact) mass is 213 g/mol. The predicted octanol–water partition coefficient (Wildman–Crippen LogP) is 2.80. The number of aliphatic hydroxyl groups is 1. The summed E-state index contributed by atoms with van der Waals surface area (Å²) in [6.07, 6.45) is 7.14. The first-order valence-electron chi connectivity index (χ1n) is 6.61. The van der Waals surface area contributed by atoms with E-state index in [9.17, 15) is 5.11 Å². The Bertz CT molecular complexity index is 171. The maximum absolute atomic E-state index is 10.3. The molecule has 0 heterocycles. The topological polar surface area (TPSA) is 23.5 Å². The van der Waals surface area contributed by atoms with Crippen LogP contribution in [0.1, 0.15) is 59.3 Å². The van der Waals surface area contributed by atoms with Gasteiger partial charge in [-0.2, -0.15) is 0 Å². The fourth-order valence-electron chi connectivity index (χ4n) is 2.62. The number of hydrogen-bond acceptors (Lipinski definition) is 2. The molecule has 0 aromatic heterocycles. The Labute approximate surface area is 94.7 Å². The van der Waals surface area contributed by atoms with Crippen molar-refractivity contribution in [3.05, 3.63) is 0 Å². The molecule has 90 valence electrons. The van der Waals surface area contributed by atoms with Crippen LogP contribution in [-0.2, 0) is 0 Å². The summed E-state index contributed by atoms with van der Waals surface area (Å²) in [7, 11) is 0. The second-order valence-corrected chi connectivity index (χ2v) is 4.93. The van der Waals surface area contributed by atoms with E-state index in [1.807, 2.05) is 0 Å². The summed E-state index contributed by atoms with van der Waals surface area (Å²) in [6.45, 7) is 8.33. The Morgan fingerprint density at radius 1 is 1.13 bits per heavy atom. The highest BCUT2D eigenvalue weighted by Gasteiger charge is 2.29. The van der Waals surface area contributed by atoms with Gasteiger partial charge in [-0.05, 0) is 32.2 Å². The van der Waals surface area contributed by atoms with Gasteiger partial charge in [-0.15, -0.1) is 0 Å². The van der Waals surface area contributed by atoms with Crippen LogP contribution in [-0.4, -0.2) is 34.7 Å². The number of hydrogen-bond donors (Lipinski definition) is 1. The van der Waals surface area contributed by atoms with Gasteiger partial charge < -0.3 is 5.11 Å². The maximum Gasteiger partial charge on any atom is 0.0769 e. The van der Waals surface area contributed by atoms with Gasteiger partial charge in [0.2, 0.25) is 0 Å². The van der Waals surface area contributed by atoms with Crippen molar-refractivity contribution in [3.8, 4) is 0 Å². The molecule has 0 aromatic rings. The molecule has 1 saturated carbocycles. The Kier molecular flexibility index (Phi) is 5.07. The lowest BCUT2D eigenvalue weighted by Gasteiger charge is -2.36. The summed E-state index contributed by atoms with van der Waals surface area (Å²) in [6, 6.07) is 0.736. The number of likely N-dealkylation sites (N-methyl/N-ethyl adjacent to an activating group) is 1. The van der Waals surface area contributed by atoms with Gasteiger partial charge in [-0.3, -0.25) is 4.90 Å². The standard InChI is InChI=1S/C13H27NO/c1-4-13(15,5-2)11-14(6-3)12-9-7-8-10-12/h12,15H,4-11H2,1-3H3. The molecule has 0 bridgehead atoms. The highest BCUT2D eigenvalue weighted by molar-refractivity contribution is 4.84. The van der Waals surface area contributed by atoms with Crippen LogP contribution in [0.2, 0.25) is 0 Å². The van der Waals surface area contributed by atoms with Crippen molar-refractivity contribution in [2.75, 3.05) is 13.1 Å². The first-order valence-corrected chi connectivity index (χ1v) is 6.61. The average Bonchev–Trinajstić information content (AvgIpc) is 2.79. The predicted molar refractivity (Wildman–Crippen MR) is 65.0 cm³/mol. The molecule has 0 radical (unpaired) electrons. The number of rotatable bonds is 6. The summed E-state index contributed by atoms with van der Waals surface area (Å²) in [5.41, 5.74) is -0.460. The molecule has 0 spiro atoms. The fraction of sp³-hybridized carbons (Fsp3) is 1.00. The Balaban J connectivity index is 2.51. The van der Waals surface area contributed by atoms with Gasteiger partial charge in [-0.1, -0.05) is 33.6 Å². The third kappa shape index (κ3) is 3.46. The van der Waals surface area contributed by atoms with Gasteiger partial charge in [0.25, 0.3) is 0 Å². The first-order chi connectivity index (χ1) is 7.15. The fourth-order valence-corrected chi connectivity index (χ4v) is 2.62. The molecule has 1 aliphatic carbocycles. The van der Waals surface area contributed by atoms with Crippen molar-refractivity contribution in [2.45, 2.75) is 70.9 Å². The zero-order chi connectivity index (χ0) is 11.3. The molecule has 1 fully saturated rings. The zero-order valence-corrected chi connectivity index (χ0v) is 10.6. The summed E-state index contributed by atoms with van der Waals surface area (Å²) >= 11 is 0. The highest BCUT2D eigenvalue weighted by Crippen LogP contribution is 2.26. The van der Waals surface area contributed by atoms with Crippen molar-refractivity contribution >= 4 is 0 Å². The van der Waals surface area contributed by atoms with Crippen LogP contribution in [0, 0.1) is 0 Å². The Hall–Kier alpha value is -0.0800. The summed E-state index contributed by atoms with van der Waals surface area (Å²) in [5.74, 6) is 0. The molecule has 2 heteroatoms. The highest BCUT2D eigenvalue weighted by atomic mass is 16.3. The zero-order valence-electron chi connectivity index (χ0n) is 10.6. The van der Waals surface area contributed by atoms with E-state index in [-0.39, 0.29) is 0 Å². The van der Waals surface area contributed by atoms with Crippen molar-refractivity contribution in [1.29, 1.82) is 0 Å². The first kappa shape index (κ1) is 13.0. The number of nitrogens with zero attached hydrogens (tertiary/aromatic N) is 1. The van der Waals surface area contributed by atoms with Gasteiger partial charge in [0, 0.05) is 12.6 Å². The van der Waals surface area contributed by atoms with Crippen LogP contribution >= 0.6 is 0 Å². The Morgan fingerprint density at radius 2 is 1.67 bits per heavy atom. The van der Waals surface area contributed by atoms with E-state index < -0.39 is 5.60 Å². The van der Waals surface area contributed by atoms with Crippen molar-refractivity contribution in [1.82, 2.24) is 4.90 Å². The second kappa shape index (κ2) is 5.86. The van der Waals surface area contributed by atoms with Crippen molar-refractivity contribution < 1.29 is 5.11 Å². The summed E-state index contributed by atoms with van der Waals surface area (Å²) < 4.78 is 0. The second-order valence-electron chi connectivity index (χ2n) is 4.93. The third-order valence-corrected chi connectivity index (χ3v) is 4.06. The van der Waals surface area contributed by atoms with Gasteiger partial charge >= 0.3 is 0 Å². The molecule has 2 nitrogen and oxygen atoms in total. The smallest absolute Gasteiger partial charge is 0.0769 e. The van der Waals surface area contributed by atoms with Gasteiger partial charge in [0.15, 0.2) is 0 Å². The van der Waals surface area contributed by atoms with Crippen molar-refractivity contribution in [3.63, 3.8) is 0 Å². The maximum atomic E-state index is 10.3. The molecular weight excluding hydrogens is 186 g/mol. The van der Waals surface area contributed by atoms with Crippen LogP contribution in [0.4, 0.5) is 0 Å². The van der Waals surface area contributed by atoms with E-state index in [1.165, 1.54) is 25.7 Å². The van der Waals surface area contributed by atoms with E-state index in [4.69, 9.17) is 0 Å². The molecule has 0 aromatic carbocycles. The van der Waals surface area contributed by atoms with Crippen LogP contribution < -0.4 is 0 Å². The normalized spacial score (nSPS) is 19.0. The molecule has 1 N–H and O–H groups in total. The van der Waals surface area contributed by atoms with E-state index in [0.29, 0.717) is 0 Å². The third-order valence-electron chi connectivity index (χ3n) is 4.06. The van der Waals surface area contributed by atoms with Crippen LogP contribution in [0.15, 0.2) is 0 Å². The summed E-state index contributed by atoms with van der Waals surface area (Å²) in [5, 5.41) is 10.3. The molecular formula is C13H27NO. The van der Waals surface area contributed by atoms with Gasteiger partial charge in [0.1, 0.15) is 0 Å². The SMILES string of the molecule is CCN(CC(O)(CC)CC)C1CCCC1. The van der Waals surface area contributed by atoms with E-state index >= 15 is 0 Å². The van der Waals surface area contributed by atoms with Crippen LogP contribution in [0.5, 0.6) is 0 Å². The molecule has 0 aliphatic heterocycles. The molecule has 1 rings (SSSR count). The minimum absolute atomic E-state index is 0.460. The molecule has 1 aliphatic rings. The van der Waals surface area contributed by atoms with Crippen molar-refractivity contribution in [2.24, 2.45) is 0 Å². The average molecular weight is 213 g/mol. The summed E-state index contributed by atoms with van der Waals surface area (Å²) in [4.78, 5) is 2.49. The molecule has 15 heavy (non-hydrogen) atoms. The van der Waals surface area contributed by atoms with E-state index in [0.717, 1.165) is 32.0 Å². The largest absolute Gasteiger partial charge is 0.389 e. The minimum Gasteiger partial charge on any atom is -0.389 e. The lowest BCUT2D eigenvalue weighted by Crippen LogP contribution is -2.46. The minimum atomic E-state index is -0.460. The quantitative estimate of drug-likeness (QED) is 0.733.